The van der Waals surface area contributed by atoms with Crippen LogP contribution in [0.4, 0.5) is 0 Å². The molecule has 0 saturated carbocycles. The number of carbonyl (C=O) groups excluding carboxylic acids is 1. The van der Waals surface area contributed by atoms with Crippen molar-refractivity contribution in [2.45, 2.75) is 270 Å². The number of nitrogens with zero attached hydrogens (tertiary/aromatic N) is 1. The molecule has 0 radical (unpaired) electrons. The van der Waals surface area contributed by atoms with E-state index in [0.29, 0.717) is 17.4 Å². The number of amides is 1. The van der Waals surface area contributed by atoms with Crippen LogP contribution in [0.5, 0.6) is 0 Å². The van der Waals surface area contributed by atoms with Crippen LogP contribution in [-0.4, -0.2) is 73.4 Å². The Labute approximate surface area is 409 Å². The molecule has 0 aliphatic carbocycles. The Morgan fingerprint density at radius 2 is 0.848 bits per heavy atom. The monoisotopic (exact) mass is 950 g/mol. The van der Waals surface area contributed by atoms with Gasteiger partial charge in [0.05, 0.1) is 39.9 Å². The van der Waals surface area contributed by atoms with Gasteiger partial charge in [0, 0.05) is 6.42 Å². The fraction of sp³-hybridized carbons (Fsp3) is 0.842. The molecule has 0 aliphatic rings. The van der Waals surface area contributed by atoms with Crippen LogP contribution < -0.4 is 5.32 Å². The van der Waals surface area contributed by atoms with Gasteiger partial charge in [0.25, 0.3) is 0 Å². The van der Waals surface area contributed by atoms with E-state index in [-0.39, 0.29) is 19.1 Å². The molecule has 8 nitrogen and oxygen atoms in total. The highest BCUT2D eigenvalue weighted by Crippen LogP contribution is 2.43. The summed E-state index contributed by atoms with van der Waals surface area (Å²) in [5.74, 6) is -0.190. The van der Waals surface area contributed by atoms with E-state index < -0.39 is 20.0 Å². The smallest absolute Gasteiger partial charge is 0.387 e. The lowest BCUT2D eigenvalue weighted by Crippen LogP contribution is -2.45. The van der Waals surface area contributed by atoms with Crippen LogP contribution in [0, 0.1) is 0 Å². The van der Waals surface area contributed by atoms with Crippen molar-refractivity contribution < 1.29 is 32.9 Å². The number of nitrogens with one attached hydrogen (secondary N) is 1. The van der Waals surface area contributed by atoms with Gasteiger partial charge in [-0.05, 0) is 64.2 Å². The molecule has 3 unspecified atom stereocenters. The van der Waals surface area contributed by atoms with Gasteiger partial charge in [-0.25, -0.2) is 4.57 Å². The van der Waals surface area contributed by atoms with Crippen LogP contribution >= 0.6 is 7.82 Å². The van der Waals surface area contributed by atoms with Gasteiger partial charge in [0.1, 0.15) is 13.2 Å². The van der Waals surface area contributed by atoms with Gasteiger partial charge in [0.2, 0.25) is 5.91 Å². The summed E-state index contributed by atoms with van der Waals surface area (Å²) in [5.41, 5.74) is 0. The molecule has 0 spiro atoms. The summed E-state index contributed by atoms with van der Waals surface area (Å²) < 4.78 is 23.6. The largest absolute Gasteiger partial charge is 0.472 e. The quantitative estimate of drug-likeness (QED) is 0.0243. The standard InChI is InChI=1S/C57H109N2O6P/c1-6-8-10-12-14-16-18-20-21-22-23-24-25-26-27-28-29-30-31-32-33-34-35-36-37-38-39-41-43-45-47-49-51-57(61)58-55(54-65-66(62,63)64-53-52-59(3,4)5)56(60)50-48-46-44-42-40-19-17-15-13-11-9-7-2/h13,15,26-27,40,42,48,50,55-56,60H,6-12,14,16-25,28-39,41,43-47,49,51-54H2,1-5H3,(H-,58,61,62,63)/p+1/b15-13+,27-26-,42-40+,50-48+. The van der Waals surface area contributed by atoms with E-state index in [4.69, 9.17) is 9.05 Å². The second-order valence-corrected chi connectivity index (χ2v) is 21.7. The molecule has 3 atom stereocenters. The lowest BCUT2D eigenvalue weighted by molar-refractivity contribution is -0.870. The van der Waals surface area contributed by atoms with Crippen LogP contribution in [-0.2, 0) is 18.4 Å². The maximum absolute atomic E-state index is 12.9. The molecule has 0 aromatic heterocycles. The molecule has 0 fully saturated rings. The first-order valence-electron chi connectivity index (χ1n) is 28.0. The van der Waals surface area contributed by atoms with Crippen molar-refractivity contribution in [2.24, 2.45) is 0 Å². The first-order valence-corrected chi connectivity index (χ1v) is 29.5. The van der Waals surface area contributed by atoms with Crippen molar-refractivity contribution >= 4 is 13.7 Å². The molecule has 1 amide bonds. The second-order valence-electron chi connectivity index (χ2n) is 20.3. The summed E-state index contributed by atoms with van der Waals surface area (Å²) in [4.78, 5) is 23.2. The number of aliphatic hydroxyl groups is 1. The molecule has 0 heterocycles. The van der Waals surface area contributed by atoms with E-state index >= 15 is 0 Å². The molecular weight excluding hydrogens is 840 g/mol. The highest BCUT2D eigenvalue weighted by molar-refractivity contribution is 7.47. The molecule has 0 saturated heterocycles. The number of quaternary nitrogens is 1. The van der Waals surface area contributed by atoms with E-state index in [9.17, 15) is 19.4 Å². The van der Waals surface area contributed by atoms with Crippen LogP contribution in [0.3, 0.4) is 0 Å². The number of hydrogen-bond acceptors (Lipinski definition) is 5. The van der Waals surface area contributed by atoms with Crippen LogP contribution in [0.25, 0.3) is 0 Å². The minimum Gasteiger partial charge on any atom is -0.387 e. The number of aliphatic hydroxyl groups excluding tert-OH is 1. The molecular formula is C57H110N2O6P+. The summed E-state index contributed by atoms with van der Waals surface area (Å²) >= 11 is 0. The summed E-state index contributed by atoms with van der Waals surface area (Å²) in [6, 6.07) is -0.868. The number of unbranched alkanes of at least 4 members (excludes halogenated alkanes) is 32. The number of phosphoric ester groups is 1. The minimum absolute atomic E-state index is 0.0534. The van der Waals surface area contributed by atoms with Gasteiger partial charge in [-0.3, -0.25) is 13.8 Å². The summed E-state index contributed by atoms with van der Waals surface area (Å²) in [5, 5.41) is 13.8. The van der Waals surface area contributed by atoms with E-state index in [1.54, 1.807) is 6.08 Å². The Hall–Kier alpha value is -1.54. The molecule has 9 heteroatoms. The van der Waals surface area contributed by atoms with Gasteiger partial charge in [-0.1, -0.05) is 236 Å². The number of hydrogen-bond donors (Lipinski definition) is 3. The number of carbonyl (C=O) groups is 1. The Morgan fingerprint density at radius 3 is 1.26 bits per heavy atom. The Kier molecular flexibility index (Phi) is 47.4. The predicted octanol–water partition coefficient (Wildman–Crippen LogP) is 16.8. The zero-order valence-corrected chi connectivity index (χ0v) is 45.1. The van der Waals surface area contributed by atoms with E-state index in [0.717, 1.165) is 51.4 Å². The average molecular weight is 950 g/mol. The first-order chi connectivity index (χ1) is 32.0. The lowest BCUT2D eigenvalue weighted by atomic mass is 10.0. The van der Waals surface area contributed by atoms with Crippen LogP contribution in [0.1, 0.15) is 258 Å². The zero-order valence-electron chi connectivity index (χ0n) is 44.2. The molecule has 388 valence electrons. The zero-order chi connectivity index (χ0) is 48.5. The maximum Gasteiger partial charge on any atom is 0.472 e. The summed E-state index contributed by atoms with van der Waals surface area (Å²) in [6.07, 6.45) is 63.8. The van der Waals surface area contributed by atoms with E-state index in [1.807, 2.05) is 27.2 Å². The number of phosphoric acid groups is 1. The highest BCUT2D eigenvalue weighted by Gasteiger charge is 2.27. The Morgan fingerprint density at radius 1 is 0.500 bits per heavy atom. The van der Waals surface area contributed by atoms with Gasteiger partial charge in [-0.2, -0.15) is 0 Å². The summed E-state index contributed by atoms with van der Waals surface area (Å²) in [7, 11) is 1.55. The summed E-state index contributed by atoms with van der Waals surface area (Å²) in [6.45, 7) is 4.75. The van der Waals surface area contributed by atoms with Crippen molar-refractivity contribution in [3.63, 3.8) is 0 Å². The van der Waals surface area contributed by atoms with Crippen molar-refractivity contribution in [1.29, 1.82) is 0 Å². The fourth-order valence-corrected chi connectivity index (χ4v) is 8.79. The molecule has 0 bridgehead atoms. The second kappa shape index (κ2) is 48.5. The first kappa shape index (κ1) is 64.5. The van der Waals surface area contributed by atoms with Gasteiger partial charge in [0.15, 0.2) is 0 Å². The number of rotatable bonds is 51. The normalized spacial score (nSPS) is 14.3. The average Bonchev–Trinajstić information content (AvgIpc) is 3.28. The Bertz CT molecular complexity index is 1210. The predicted molar refractivity (Wildman–Crippen MR) is 286 cm³/mol. The van der Waals surface area contributed by atoms with Crippen molar-refractivity contribution in [3.05, 3.63) is 48.6 Å². The Balaban J connectivity index is 4.02. The maximum atomic E-state index is 12.9. The van der Waals surface area contributed by atoms with E-state index in [2.05, 4.69) is 55.6 Å². The van der Waals surface area contributed by atoms with Crippen LogP contribution in [0.2, 0.25) is 0 Å². The molecule has 0 aromatic rings. The third kappa shape index (κ3) is 50.3. The van der Waals surface area contributed by atoms with Crippen molar-refractivity contribution in [3.8, 4) is 0 Å². The SMILES string of the molecule is CCCC/C=C/CC/C=C/CC/C=C/C(O)C(COP(=O)(O)OCC[N+](C)(C)C)NC(=O)CCCCCCCCCCCCCCCCCC/C=C\CCCCCCCCCCCCCC. The van der Waals surface area contributed by atoms with Gasteiger partial charge < -0.3 is 19.8 Å². The van der Waals surface area contributed by atoms with Crippen molar-refractivity contribution in [2.75, 3.05) is 40.9 Å². The van der Waals surface area contributed by atoms with Gasteiger partial charge in [-0.15, -0.1) is 0 Å². The number of allylic oxidation sites excluding steroid dienone is 7. The fourth-order valence-electron chi connectivity index (χ4n) is 8.06. The van der Waals surface area contributed by atoms with Crippen LogP contribution in [0.15, 0.2) is 48.6 Å². The molecule has 66 heavy (non-hydrogen) atoms. The van der Waals surface area contributed by atoms with E-state index in [1.165, 1.54) is 186 Å². The molecule has 0 aliphatic heterocycles. The molecule has 0 rings (SSSR count). The van der Waals surface area contributed by atoms with Gasteiger partial charge >= 0.3 is 7.82 Å². The van der Waals surface area contributed by atoms with Crippen molar-refractivity contribution in [1.82, 2.24) is 5.32 Å². The molecule has 3 N–H and O–H groups in total. The third-order valence-corrected chi connectivity index (χ3v) is 13.5. The minimum atomic E-state index is -4.35. The third-order valence-electron chi connectivity index (χ3n) is 12.5. The number of likely N-dealkylation sites (N-methyl/N-ethyl adjacent to an activating group) is 1. The molecule has 0 aromatic carbocycles. The highest BCUT2D eigenvalue weighted by atomic mass is 31.2. The lowest BCUT2D eigenvalue weighted by Gasteiger charge is -2.25. The topological polar surface area (TPSA) is 105 Å².